The number of aliphatic imine (C=N–C) groups is 1. The van der Waals surface area contributed by atoms with E-state index in [1.165, 1.54) is 10.9 Å². The molecule has 3 rings (SSSR count). The molecule has 0 amide bonds. The molecule has 172 valence electrons. The molecule has 0 spiro atoms. The second-order valence-electron chi connectivity index (χ2n) is 8.80. The Kier molecular flexibility index (Phi) is 7.06. The third-order valence-electron chi connectivity index (χ3n) is 5.05. The molecule has 3 aromatic rings. The van der Waals surface area contributed by atoms with Crippen molar-refractivity contribution < 1.29 is 4.74 Å². The van der Waals surface area contributed by atoms with Crippen LogP contribution in [0.2, 0.25) is 0 Å². The first-order valence-electron chi connectivity index (χ1n) is 10.6. The average Bonchev–Trinajstić information content (AvgIpc) is 2.79. The molecule has 0 aliphatic carbocycles. The van der Waals surface area contributed by atoms with E-state index in [1.54, 1.807) is 32.5 Å². The zero-order chi connectivity index (χ0) is 24.2. The predicted octanol–water partition coefficient (Wildman–Crippen LogP) is 3.53. The van der Waals surface area contributed by atoms with Crippen molar-refractivity contribution >= 4 is 6.21 Å². The van der Waals surface area contributed by atoms with E-state index >= 15 is 0 Å². The molecule has 0 atom stereocenters. The van der Waals surface area contributed by atoms with Gasteiger partial charge < -0.3 is 10.5 Å². The normalized spacial score (nSPS) is 12.4. The molecule has 0 fully saturated rings. The van der Waals surface area contributed by atoms with Crippen LogP contribution in [0.25, 0.3) is 16.9 Å². The third-order valence-corrected chi connectivity index (χ3v) is 5.05. The van der Waals surface area contributed by atoms with Crippen molar-refractivity contribution in [1.29, 1.82) is 0 Å². The SMILES string of the molecule is CN=C/C=C(\N)COc1ncn(-c2cc(-c3ccnc(C(C)(C)C)n3)ccc2C)c(=O)c1C. The lowest BCUT2D eigenvalue weighted by molar-refractivity contribution is 0.332. The number of hydrogen-bond acceptors (Lipinski definition) is 7. The molecule has 0 radical (unpaired) electrons. The first kappa shape index (κ1) is 23.8. The van der Waals surface area contributed by atoms with Gasteiger partial charge in [-0.05, 0) is 37.6 Å². The van der Waals surface area contributed by atoms with E-state index in [0.717, 1.165) is 28.3 Å². The fraction of sp³-hybridized carbons (Fsp3) is 0.320. The standard InChI is InChI=1S/C25H30N6O2/c1-16-7-8-18(20-10-12-28-24(30-20)25(3,4)5)13-21(16)31-15-29-22(17(2)23(31)32)33-14-19(26)9-11-27-6/h7-13,15H,14,26H2,1-6H3/b19-9-,27-11?. The van der Waals surface area contributed by atoms with Crippen LogP contribution in [-0.4, -0.2) is 39.4 Å². The van der Waals surface area contributed by atoms with E-state index < -0.39 is 0 Å². The van der Waals surface area contributed by atoms with Gasteiger partial charge in [-0.25, -0.2) is 15.0 Å². The number of aryl methyl sites for hydroxylation is 1. The van der Waals surface area contributed by atoms with Crippen LogP contribution in [-0.2, 0) is 5.41 Å². The van der Waals surface area contributed by atoms with Gasteiger partial charge in [-0.3, -0.25) is 14.4 Å². The van der Waals surface area contributed by atoms with E-state index in [2.05, 4.69) is 35.7 Å². The Labute approximate surface area is 193 Å². The summed E-state index contributed by atoms with van der Waals surface area (Å²) in [6.07, 6.45) is 6.46. The van der Waals surface area contributed by atoms with Gasteiger partial charge in [0.1, 0.15) is 18.8 Å². The van der Waals surface area contributed by atoms with E-state index in [4.69, 9.17) is 15.5 Å². The van der Waals surface area contributed by atoms with Crippen molar-refractivity contribution in [2.75, 3.05) is 13.7 Å². The largest absolute Gasteiger partial charge is 0.471 e. The van der Waals surface area contributed by atoms with Crippen molar-refractivity contribution in [3.05, 3.63) is 75.9 Å². The highest BCUT2D eigenvalue weighted by atomic mass is 16.5. The first-order chi connectivity index (χ1) is 15.6. The zero-order valence-corrected chi connectivity index (χ0v) is 20.0. The van der Waals surface area contributed by atoms with Gasteiger partial charge in [0, 0.05) is 36.1 Å². The lowest BCUT2D eigenvalue weighted by Crippen LogP contribution is -2.23. The number of aromatic nitrogens is 4. The van der Waals surface area contributed by atoms with Crippen LogP contribution in [0.15, 0.2) is 58.3 Å². The van der Waals surface area contributed by atoms with Gasteiger partial charge in [0.2, 0.25) is 5.88 Å². The van der Waals surface area contributed by atoms with Crippen molar-refractivity contribution in [3.8, 4) is 22.8 Å². The minimum atomic E-state index is -0.212. The lowest BCUT2D eigenvalue weighted by Gasteiger charge is -2.17. The molecule has 0 unspecified atom stereocenters. The minimum absolute atomic E-state index is 0.113. The van der Waals surface area contributed by atoms with Crippen molar-refractivity contribution in [2.24, 2.45) is 10.7 Å². The summed E-state index contributed by atoms with van der Waals surface area (Å²) in [7, 11) is 1.65. The van der Waals surface area contributed by atoms with Crippen LogP contribution in [0.4, 0.5) is 0 Å². The molecule has 0 aliphatic rings. The van der Waals surface area contributed by atoms with Crippen molar-refractivity contribution in [1.82, 2.24) is 19.5 Å². The number of hydrogen-bond donors (Lipinski definition) is 1. The molecule has 0 aliphatic heterocycles. The van der Waals surface area contributed by atoms with Gasteiger partial charge in [-0.2, -0.15) is 0 Å². The summed E-state index contributed by atoms with van der Waals surface area (Å²) in [5, 5.41) is 0. The summed E-state index contributed by atoms with van der Waals surface area (Å²) >= 11 is 0. The highest BCUT2D eigenvalue weighted by Crippen LogP contribution is 2.25. The zero-order valence-electron chi connectivity index (χ0n) is 20.0. The predicted molar refractivity (Wildman–Crippen MR) is 131 cm³/mol. The maximum atomic E-state index is 13.1. The van der Waals surface area contributed by atoms with Gasteiger partial charge >= 0.3 is 0 Å². The Hall–Kier alpha value is -3.81. The average molecular weight is 447 g/mol. The molecular weight excluding hydrogens is 416 g/mol. The number of nitrogens with zero attached hydrogens (tertiary/aromatic N) is 5. The number of allylic oxidation sites excluding steroid dienone is 1. The number of ether oxygens (including phenoxy) is 1. The van der Waals surface area contributed by atoms with E-state index in [1.807, 2.05) is 31.2 Å². The fourth-order valence-corrected chi connectivity index (χ4v) is 3.13. The molecule has 0 saturated heterocycles. The molecule has 33 heavy (non-hydrogen) atoms. The minimum Gasteiger partial charge on any atom is -0.471 e. The smallest absolute Gasteiger partial charge is 0.264 e. The number of rotatable bonds is 6. The molecular formula is C25H30N6O2. The van der Waals surface area contributed by atoms with Crippen LogP contribution in [0.3, 0.4) is 0 Å². The summed E-state index contributed by atoms with van der Waals surface area (Å²) in [6.45, 7) is 9.98. The Morgan fingerprint density at radius 1 is 1.21 bits per heavy atom. The van der Waals surface area contributed by atoms with Gasteiger partial charge in [0.15, 0.2) is 0 Å². The van der Waals surface area contributed by atoms with Crippen LogP contribution >= 0.6 is 0 Å². The maximum Gasteiger partial charge on any atom is 0.264 e. The molecule has 0 bridgehead atoms. The van der Waals surface area contributed by atoms with Gasteiger partial charge in [-0.1, -0.05) is 32.9 Å². The third kappa shape index (κ3) is 5.52. The number of benzene rings is 1. The van der Waals surface area contributed by atoms with E-state index in [0.29, 0.717) is 11.3 Å². The molecule has 8 heteroatoms. The summed E-state index contributed by atoms with van der Waals surface area (Å²) in [4.78, 5) is 30.5. The second kappa shape index (κ2) is 9.77. The second-order valence-corrected chi connectivity index (χ2v) is 8.80. The Morgan fingerprint density at radius 2 is 1.97 bits per heavy atom. The first-order valence-corrected chi connectivity index (χ1v) is 10.6. The molecule has 1 aromatic carbocycles. The Bertz CT molecular complexity index is 1270. The van der Waals surface area contributed by atoms with E-state index in [-0.39, 0.29) is 23.5 Å². The highest BCUT2D eigenvalue weighted by molar-refractivity contribution is 5.71. The number of nitrogens with two attached hydrogens (primary N) is 1. The van der Waals surface area contributed by atoms with Crippen molar-refractivity contribution in [2.45, 2.75) is 40.0 Å². The van der Waals surface area contributed by atoms with Crippen LogP contribution in [0.5, 0.6) is 5.88 Å². The fourth-order valence-electron chi connectivity index (χ4n) is 3.13. The van der Waals surface area contributed by atoms with Crippen LogP contribution in [0.1, 0.15) is 37.7 Å². The quantitative estimate of drug-likeness (QED) is 0.580. The Morgan fingerprint density at radius 3 is 2.67 bits per heavy atom. The van der Waals surface area contributed by atoms with Gasteiger partial charge in [0.05, 0.1) is 16.9 Å². The summed E-state index contributed by atoms with van der Waals surface area (Å²) in [5.41, 5.74) is 9.73. The molecule has 2 heterocycles. The van der Waals surface area contributed by atoms with E-state index in [9.17, 15) is 4.79 Å². The molecule has 2 aromatic heterocycles. The Balaban J connectivity index is 1.97. The topological polar surface area (TPSA) is 108 Å². The highest BCUT2D eigenvalue weighted by Gasteiger charge is 2.18. The van der Waals surface area contributed by atoms with Crippen LogP contribution in [0, 0.1) is 13.8 Å². The molecule has 0 saturated carbocycles. The van der Waals surface area contributed by atoms with Crippen LogP contribution < -0.4 is 16.0 Å². The lowest BCUT2D eigenvalue weighted by atomic mass is 9.95. The van der Waals surface area contributed by atoms with Crippen molar-refractivity contribution in [3.63, 3.8) is 0 Å². The maximum absolute atomic E-state index is 13.1. The monoisotopic (exact) mass is 446 g/mol. The summed E-state index contributed by atoms with van der Waals surface area (Å²) < 4.78 is 7.16. The van der Waals surface area contributed by atoms with Gasteiger partial charge in [-0.15, -0.1) is 0 Å². The molecule has 2 N–H and O–H groups in total. The summed E-state index contributed by atoms with van der Waals surface area (Å²) in [5.74, 6) is 1.01. The summed E-state index contributed by atoms with van der Waals surface area (Å²) in [6, 6.07) is 7.77. The molecule has 8 nitrogen and oxygen atoms in total. The van der Waals surface area contributed by atoms with Gasteiger partial charge in [0.25, 0.3) is 5.56 Å².